The smallest absolute Gasteiger partial charge is 0.550 e. The van der Waals surface area contributed by atoms with Gasteiger partial charge in [-0.1, -0.05) is 5.92 Å². The molecule has 1 rings (SSSR count). The van der Waals surface area contributed by atoms with Gasteiger partial charge in [0.1, 0.15) is 0 Å². The van der Waals surface area contributed by atoms with Gasteiger partial charge in [-0.15, -0.1) is 12.1 Å². The second-order valence-corrected chi connectivity index (χ2v) is 3.40. The van der Waals surface area contributed by atoms with Crippen LogP contribution < -0.4 is 23.6 Å². The van der Waals surface area contributed by atoms with Gasteiger partial charge >= 0.3 is 18.9 Å². The Morgan fingerprint density at radius 2 is 2.00 bits per heavy atom. The van der Waals surface area contributed by atoms with Gasteiger partial charge in [0.05, 0.1) is 6.61 Å². The van der Waals surface area contributed by atoms with Crippen molar-refractivity contribution < 1.29 is 33.1 Å². The minimum atomic E-state index is -0.426. The summed E-state index contributed by atoms with van der Waals surface area (Å²) in [5.41, 5.74) is 0. The molecule has 0 fully saturated rings. The Labute approximate surface area is 127 Å². The molecular weight excluding hydrogens is 235 g/mol. The zero-order chi connectivity index (χ0) is 13.1. The van der Waals surface area contributed by atoms with Crippen LogP contribution in [0, 0.1) is 17.9 Å². The maximum Gasteiger partial charge on any atom is 1.00 e. The Hall–Kier alpha value is -0.903. The van der Waals surface area contributed by atoms with Crippen molar-refractivity contribution in [1.82, 2.24) is 0 Å². The van der Waals surface area contributed by atoms with Crippen molar-refractivity contribution in [1.29, 1.82) is 0 Å². The first-order valence-electron chi connectivity index (χ1n) is 6.17. The van der Waals surface area contributed by atoms with Crippen molar-refractivity contribution in [2.24, 2.45) is 0 Å². The molecule has 19 heavy (non-hydrogen) atoms. The van der Waals surface area contributed by atoms with E-state index < -0.39 is 6.29 Å². The summed E-state index contributed by atoms with van der Waals surface area (Å²) in [5.74, 6) is 6.73. The molecule has 0 aromatic heterocycles. The molecule has 0 unspecified atom stereocenters. The predicted octanol–water partition coefficient (Wildman–Crippen LogP) is -0.338. The monoisotopic (exact) mass is 254 g/mol. The Morgan fingerprint density at radius 3 is 2.58 bits per heavy atom. The van der Waals surface area contributed by atoms with Crippen molar-refractivity contribution in [3.05, 3.63) is 30.3 Å². The van der Waals surface area contributed by atoms with E-state index in [1.165, 1.54) is 0 Å². The van der Waals surface area contributed by atoms with E-state index in [1.54, 1.807) is 6.07 Å². The van der Waals surface area contributed by atoms with Crippen molar-refractivity contribution >= 4 is 0 Å². The average molecular weight is 254 g/mol. The largest absolute Gasteiger partial charge is 1.00 e. The van der Waals surface area contributed by atoms with E-state index >= 15 is 0 Å². The molecule has 0 aliphatic heterocycles. The topological polar surface area (TPSA) is 27.7 Å². The van der Waals surface area contributed by atoms with Crippen LogP contribution in [-0.2, 0) is 9.47 Å². The zero-order valence-corrected chi connectivity index (χ0v) is 11.9. The Kier molecular flexibility index (Phi) is 11.6. The standard InChI is InChI=1S/C15H19O3.Li/c1-3-16-15(17-4-2)12-8-9-13-18-14-10-6-5-7-11-14;/h5-6,10-11,15H,3-4,9,13H2,1-2H3;/q-1;+1. The molecule has 0 radical (unpaired) electrons. The molecule has 0 N–H and O–H groups in total. The van der Waals surface area contributed by atoms with Crippen molar-refractivity contribution in [2.75, 3.05) is 19.8 Å². The molecule has 0 spiro atoms. The minimum Gasteiger partial charge on any atom is -0.550 e. The van der Waals surface area contributed by atoms with E-state index in [-0.39, 0.29) is 18.9 Å². The Bertz CT molecular complexity index is 364. The Balaban J connectivity index is 0.00000324. The molecular formula is C15H19LiO3. The van der Waals surface area contributed by atoms with Crippen LogP contribution >= 0.6 is 0 Å². The van der Waals surface area contributed by atoms with Crippen molar-refractivity contribution in [2.45, 2.75) is 26.6 Å². The summed E-state index contributed by atoms with van der Waals surface area (Å²) in [6, 6.07) is 10.4. The number of ether oxygens (including phenoxy) is 3. The molecule has 98 valence electrons. The number of benzene rings is 1. The summed E-state index contributed by atoms with van der Waals surface area (Å²) >= 11 is 0. The average Bonchev–Trinajstić information content (AvgIpc) is 2.40. The fourth-order valence-corrected chi connectivity index (χ4v) is 1.28. The summed E-state index contributed by atoms with van der Waals surface area (Å²) in [4.78, 5) is 0. The molecule has 4 heteroatoms. The first-order valence-corrected chi connectivity index (χ1v) is 6.17. The fourth-order valence-electron chi connectivity index (χ4n) is 1.28. The third-order valence-electron chi connectivity index (χ3n) is 2.03. The van der Waals surface area contributed by atoms with Crippen molar-refractivity contribution in [3.63, 3.8) is 0 Å². The second-order valence-electron chi connectivity index (χ2n) is 3.40. The molecule has 0 saturated heterocycles. The molecule has 0 saturated carbocycles. The van der Waals surface area contributed by atoms with Gasteiger partial charge in [0.2, 0.25) is 6.29 Å². The summed E-state index contributed by atoms with van der Waals surface area (Å²) in [6.45, 7) is 5.58. The molecule has 1 aromatic rings. The molecule has 0 atom stereocenters. The van der Waals surface area contributed by atoms with Gasteiger partial charge in [-0.2, -0.15) is 18.2 Å². The van der Waals surface area contributed by atoms with E-state index in [4.69, 9.17) is 14.2 Å². The van der Waals surface area contributed by atoms with Crippen LogP contribution in [0.15, 0.2) is 24.3 Å². The van der Waals surface area contributed by atoms with Gasteiger partial charge in [0, 0.05) is 25.4 Å². The second kappa shape index (κ2) is 12.1. The normalized spacial score (nSPS) is 9.42. The van der Waals surface area contributed by atoms with Gasteiger partial charge in [0.25, 0.3) is 0 Å². The minimum absolute atomic E-state index is 0. The van der Waals surface area contributed by atoms with E-state index in [0.29, 0.717) is 26.2 Å². The van der Waals surface area contributed by atoms with Crippen molar-refractivity contribution in [3.8, 4) is 17.6 Å². The molecule has 0 heterocycles. The molecule has 0 bridgehead atoms. The summed E-state index contributed by atoms with van der Waals surface area (Å²) < 4.78 is 16.1. The summed E-state index contributed by atoms with van der Waals surface area (Å²) in [5, 5.41) is 0. The maximum absolute atomic E-state index is 5.49. The van der Waals surface area contributed by atoms with Crippen LogP contribution in [0.3, 0.4) is 0 Å². The maximum atomic E-state index is 5.49. The van der Waals surface area contributed by atoms with Gasteiger partial charge < -0.3 is 14.2 Å². The number of hydrogen-bond donors (Lipinski definition) is 0. The molecule has 0 aliphatic rings. The van der Waals surface area contributed by atoms with Crippen LogP contribution in [0.25, 0.3) is 0 Å². The third kappa shape index (κ3) is 8.76. The molecule has 3 nitrogen and oxygen atoms in total. The Morgan fingerprint density at radius 1 is 1.26 bits per heavy atom. The van der Waals surface area contributed by atoms with Gasteiger partial charge in [-0.3, -0.25) is 0 Å². The van der Waals surface area contributed by atoms with E-state index in [9.17, 15) is 0 Å². The van der Waals surface area contributed by atoms with E-state index in [1.807, 2.05) is 32.0 Å². The van der Waals surface area contributed by atoms with Gasteiger partial charge in [-0.05, 0) is 19.8 Å². The van der Waals surface area contributed by atoms with E-state index in [0.717, 1.165) is 5.75 Å². The van der Waals surface area contributed by atoms with Gasteiger partial charge in [0.15, 0.2) is 0 Å². The first-order chi connectivity index (χ1) is 8.86. The SMILES string of the molecule is CCOC(C#CCCOc1c[c-]ccc1)OCC.[Li+]. The summed E-state index contributed by atoms with van der Waals surface area (Å²) in [6.07, 6.45) is 0.219. The predicted molar refractivity (Wildman–Crippen MR) is 70.2 cm³/mol. The van der Waals surface area contributed by atoms with Crippen LogP contribution in [-0.4, -0.2) is 26.1 Å². The third-order valence-corrected chi connectivity index (χ3v) is 2.03. The first kappa shape index (κ1) is 18.1. The van der Waals surface area contributed by atoms with Gasteiger partial charge in [-0.25, -0.2) is 0 Å². The number of hydrogen-bond acceptors (Lipinski definition) is 3. The van der Waals surface area contributed by atoms with Crippen LogP contribution in [0.5, 0.6) is 5.75 Å². The van der Waals surface area contributed by atoms with E-state index in [2.05, 4.69) is 17.9 Å². The fraction of sp³-hybridized carbons (Fsp3) is 0.467. The van der Waals surface area contributed by atoms with Crippen LogP contribution in [0.2, 0.25) is 0 Å². The zero-order valence-electron chi connectivity index (χ0n) is 11.9. The van der Waals surface area contributed by atoms with Crippen LogP contribution in [0.1, 0.15) is 20.3 Å². The molecule has 0 amide bonds. The van der Waals surface area contributed by atoms with Crippen LogP contribution in [0.4, 0.5) is 0 Å². The molecule has 1 aromatic carbocycles. The number of rotatable bonds is 7. The molecule has 0 aliphatic carbocycles. The quantitative estimate of drug-likeness (QED) is 0.219. The summed E-state index contributed by atoms with van der Waals surface area (Å²) in [7, 11) is 0.